The van der Waals surface area contributed by atoms with E-state index in [-0.39, 0.29) is 23.4 Å². The van der Waals surface area contributed by atoms with Gasteiger partial charge in [0, 0.05) is 5.57 Å². The summed E-state index contributed by atoms with van der Waals surface area (Å²) >= 11 is 0. The highest BCUT2D eigenvalue weighted by atomic mass is 16.5. The first-order valence-electron chi connectivity index (χ1n) is 10.5. The van der Waals surface area contributed by atoms with Crippen molar-refractivity contribution in [2.75, 3.05) is 26.4 Å². The molecule has 0 aromatic heterocycles. The third-order valence-corrected chi connectivity index (χ3v) is 6.35. The average molecular weight is 408 g/mol. The van der Waals surface area contributed by atoms with E-state index in [1.54, 1.807) is 12.2 Å². The first-order valence-corrected chi connectivity index (χ1v) is 10.5. The van der Waals surface area contributed by atoms with E-state index in [0.29, 0.717) is 38.8 Å². The number of benzene rings is 1. The van der Waals surface area contributed by atoms with E-state index in [1.807, 2.05) is 51.1 Å². The molecule has 5 nitrogen and oxygen atoms in total. The topological polar surface area (TPSA) is 61.8 Å². The standard InChI is InChI=1S/C25H28O5/c1-16(13-29-14-19-7-5-4-6-8-19)22-21-15-28-9-10-30-24(21)25(23(22)27)17(2)11-20(26)12-18(25)3/h4-8,11-12,16,22H,9-10,13-15H2,1-3H3/t16?,22-/m0/s1. The maximum absolute atomic E-state index is 13.9. The van der Waals surface area contributed by atoms with E-state index in [2.05, 4.69) is 0 Å². The van der Waals surface area contributed by atoms with Crippen LogP contribution in [0, 0.1) is 17.3 Å². The number of allylic oxidation sites excluding steroid dienone is 3. The van der Waals surface area contributed by atoms with Crippen molar-refractivity contribution in [2.24, 2.45) is 17.3 Å². The lowest BCUT2D eigenvalue weighted by molar-refractivity contribution is -0.128. The Hall–Kier alpha value is -2.50. The maximum Gasteiger partial charge on any atom is 0.178 e. The lowest BCUT2D eigenvalue weighted by atomic mass is 9.67. The molecular formula is C25H28O5. The summed E-state index contributed by atoms with van der Waals surface area (Å²) < 4.78 is 17.8. The average Bonchev–Trinajstić information content (AvgIpc) is 2.84. The number of hydrogen-bond donors (Lipinski definition) is 0. The SMILES string of the molecule is CC1=CC(=O)C=C(C)C12C(=O)[C@@H](C(C)COCc1ccccc1)C1=C2OCCOC1. The summed E-state index contributed by atoms with van der Waals surface area (Å²) in [7, 11) is 0. The van der Waals surface area contributed by atoms with Gasteiger partial charge >= 0.3 is 0 Å². The molecule has 2 aliphatic carbocycles. The van der Waals surface area contributed by atoms with Crippen LogP contribution >= 0.6 is 0 Å². The van der Waals surface area contributed by atoms with Gasteiger partial charge in [0.15, 0.2) is 11.6 Å². The Morgan fingerprint density at radius 1 is 1.10 bits per heavy atom. The molecule has 1 aliphatic heterocycles. The molecule has 1 aromatic rings. The molecule has 30 heavy (non-hydrogen) atoms. The zero-order valence-corrected chi connectivity index (χ0v) is 17.8. The molecule has 0 N–H and O–H groups in total. The number of rotatable bonds is 5. The second kappa shape index (κ2) is 8.32. The van der Waals surface area contributed by atoms with E-state index < -0.39 is 5.41 Å². The Kier molecular flexibility index (Phi) is 5.76. The molecule has 0 bridgehead atoms. The van der Waals surface area contributed by atoms with Gasteiger partial charge in [-0.3, -0.25) is 9.59 Å². The summed E-state index contributed by atoms with van der Waals surface area (Å²) in [6.07, 6.45) is 3.12. The molecule has 1 spiro atoms. The number of Topliss-reactive ketones (excluding diaryl/α,β-unsaturated/α-hetero) is 1. The van der Waals surface area contributed by atoms with Crippen molar-refractivity contribution in [3.05, 3.63) is 70.5 Å². The molecule has 1 heterocycles. The molecule has 0 amide bonds. The number of carbonyl (C=O) groups is 2. The second-order valence-corrected chi connectivity index (χ2v) is 8.38. The molecule has 0 saturated carbocycles. The highest BCUT2D eigenvalue weighted by Gasteiger charge is 2.59. The van der Waals surface area contributed by atoms with Crippen molar-refractivity contribution in [1.82, 2.24) is 0 Å². The van der Waals surface area contributed by atoms with Crippen LogP contribution in [-0.4, -0.2) is 38.0 Å². The van der Waals surface area contributed by atoms with Gasteiger partial charge in [-0.2, -0.15) is 0 Å². The second-order valence-electron chi connectivity index (χ2n) is 8.38. The fourth-order valence-electron chi connectivity index (χ4n) is 5.00. The van der Waals surface area contributed by atoms with Crippen molar-refractivity contribution >= 4 is 11.6 Å². The molecule has 2 atom stereocenters. The molecule has 0 saturated heterocycles. The summed E-state index contributed by atoms with van der Waals surface area (Å²) in [4.78, 5) is 26.0. The number of ketones is 2. The largest absolute Gasteiger partial charge is 0.494 e. The zero-order valence-electron chi connectivity index (χ0n) is 17.8. The van der Waals surface area contributed by atoms with Crippen LogP contribution in [0.1, 0.15) is 26.3 Å². The molecule has 4 rings (SSSR count). The Bertz CT molecular complexity index is 916. The van der Waals surface area contributed by atoms with Crippen LogP contribution in [0.15, 0.2) is 65.0 Å². The van der Waals surface area contributed by atoms with Crippen molar-refractivity contribution in [3.63, 3.8) is 0 Å². The predicted octanol–water partition coefficient (Wildman–Crippen LogP) is 3.80. The Morgan fingerprint density at radius 2 is 1.80 bits per heavy atom. The Morgan fingerprint density at radius 3 is 2.50 bits per heavy atom. The van der Waals surface area contributed by atoms with Gasteiger partial charge in [-0.05, 0) is 48.6 Å². The van der Waals surface area contributed by atoms with E-state index in [1.165, 1.54) is 0 Å². The van der Waals surface area contributed by atoms with Crippen LogP contribution in [0.4, 0.5) is 0 Å². The van der Waals surface area contributed by atoms with Crippen LogP contribution in [0.25, 0.3) is 0 Å². The summed E-state index contributed by atoms with van der Waals surface area (Å²) in [6, 6.07) is 9.99. The van der Waals surface area contributed by atoms with E-state index in [9.17, 15) is 9.59 Å². The maximum atomic E-state index is 13.9. The number of ether oxygens (including phenoxy) is 3. The van der Waals surface area contributed by atoms with Crippen LogP contribution in [0.5, 0.6) is 0 Å². The molecule has 1 unspecified atom stereocenters. The van der Waals surface area contributed by atoms with Crippen molar-refractivity contribution in [2.45, 2.75) is 27.4 Å². The normalized spacial score (nSPS) is 24.2. The van der Waals surface area contributed by atoms with Crippen LogP contribution < -0.4 is 0 Å². The summed E-state index contributed by atoms with van der Waals surface area (Å²) in [5.74, 6) is 0.227. The van der Waals surface area contributed by atoms with Crippen molar-refractivity contribution in [3.8, 4) is 0 Å². The fraction of sp³-hybridized carbons (Fsp3) is 0.440. The smallest absolute Gasteiger partial charge is 0.178 e. The van der Waals surface area contributed by atoms with Gasteiger partial charge in [-0.15, -0.1) is 0 Å². The predicted molar refractivity (Wildman–Crippen MR) is 113 cm³/mol. The molecule has 0 fully saturated rings. The Balaban J connectivity index is 1.63. The minimum atomic E-state index is -0.991. The molecular weight excluding hydrogens is 380 g/mol. The fourth-order valence-corrected chi connectivity index (χ4v) is 5.00. The molecule has 5 heteroatoms. The third-order valence-electron chi connectivity index (χ3n) is 6.35. The minimum absolute atomic E-state index is 0.0471. The third kappa shape index (κ3) is 3.36. The molecule has 3 aliphatic rings. The molecule has 1 aromatic carbocycles. The summed E-state index contributed by atoms with van der Waals surface area (Å²) in [5.41, 5.74) is 2.46. The monoisotopic (exact) mass is 408 g/mol. The summed E-state index contributed by atoms with van der Waals surface area (Å²) in [5, 5.41) is 0. The van der Waals surface area contributed by atoms with E-state index >= 15 is 0 Å². The van der Waals surface area contributed by atoms with Gasteiger partial charge in [-0.1, -0.05) is 37.3 Å². The van der Waals surface area contributed by atoms with Gasteiger partial charge in [0.25, 0.3) is 0 Å². The first kappa shape index (κ1) is 20.8. The zero-order chi connectivity index (χ0) is 21.3. The quantitative estimate of drug-likeness (QED) is 0.742. The molecule has 158 valence electrons. The van der Waals surface area contributed by atoms with Crippen LogP contribution in [0.2, 0.25) is 0 Å². The van der Waals surface area contributed by atoms with Gasteiger partial charge in [-0.25, -0.2) is 0 Å². The van der Waals surface area contributed by atoms with Crippen LogP contribution in [0.3, 0.4) is 0 Å². The van der Waals surface area contributed by atoms with Gasteiger partial charge in [0.2, 0.25) is 0 Å². The highest BCUT2D eigenvalue weighted by molar-refractivity contribution is 6.09. The van der Waals surface area contributed by atoms with Gasteiger partial charge < -0.3 is 14.2 Å². The van der Waals surface area contributed by atoms with Crippen molar-refractivity contribution in [1.29, 1.82) is 0 Å². The van der Waals surface area contributed by atoms with Crippen molar-refractivity contribution < 1.29 is 23.8 Å². The molecule has 0 radical (unpaired) electrons. The Labute approximate surface area is 177 Å². The first-order chi connectivity index (χ1) is 14.5. The number of fused-ring (bicyclic) bond motifs is 1. The number of hydrogen-bond acceptors (Lipinski definition) is 5. The minimum Gasteiger partial charge on any atom is -0.494 e. The van der Waals surface area contributed by atoms with E-state index in [0.717, 1.165) is 22.3 Å². The lowest BCUT2D eigenvalue weighted by Gasteiger charge is -2.35. The van der Waals surface area contributed by atoms with Gasteiger partial charge in [0.1, 0.15) is 17.8 Å². The summed E-state index contributed by atoms with van der Waals surface area (Å²) in [6.45, 7) is 7.93. The number of carbonyl (C=O) groups excluding carboxylic acids is 2. The van der Waals surface area contributed by atoms with Gasteiger partial charge in [0.05, 0.1) is 32.3 Å². The highest BCUT2D eigenvalue weighted by Crippen LogP contribution is 2.56. The van der Waals surface area contributed by atoms with Crippen LogP contribution in [-0.2, 0) is 30.4 Å². The lowest BCUT2D eigenvalue weighted by Crippen LogP contribution is -2.39. The van der Waals surface area contributed by atoms with E-state index in [4.69, 9.17) is 14.2 Å².